The van der Waals surface area contributed by atoms with Crippen molar-refractivity contribution < 1.29 is 4.74 Å². The smallest absolute Gasteiger partial charge is 0.243 e. The average Bonchev–Trinajstić information content (AvgIpc) is 2.87. The van der Waals surface area contributed by atoms with Crippen LogP contribution in [0.5, 0.6) is 5.75 Å². The average molecular weight is 268 g/mol. The van der Waals surface area contributed by atoms with Crippen LogP contribution in [-0.4, -0.2) is 21.7 Å². The van der Waals surface area contributed by atoms with Gasteiger partial charge in [-0.05, 0) is 42.3 Å². The zero-order chi connectivity index (χ0) is 13.9. The highest BCUT2D eigenvalue weighted by Crippen LogP contribution is 2.14. The van der Waals surface area contributed by atoms with Crippen LogP contribution < -0.4 is 10.1 Å². The van der Waals surface area contributed by atoms with Crippen LogP contribution in [0.4, 0.5) is 5.95 Å². The molecular weight excluding hydrogens is 252 g/mol. The number of nitrogens with zero attached hydrogens (tertiary/aromatic N) is 3. The molecule has 0 bridgehead atoms. The summed E-state index contributed by atoms with van der Waals surface area (Å²) in [5.74, 6) is 1.47. The molecule has 102 valence electrons. The highest BCUT2D eigenvalue weighted by atomic mass is 16.5. The maximum absolute atomic E-state index is 5.20. The SMILES string of the molecule is COc1cccc(CNc2nc3cc(C)ccn3n2)c1. The van der Waals surface area contributed by atoms with Crippen molar-refractivity contribution in [1.82, 2.24) is 14.6 Å². The van der Waals surface area contributed by atoms with Gasteiger partial charge in [0, 0.05) is 12.7 Å². The zero-order valence-corrected chi connectivity index (χ0v) is 11.5. The summed E-state index contributed by atoms with van der Waals surface area (Å²) in [5.41, 5.74) is 3.14. The van der Waals surface area contributed by atoms with Crippen LogP contribution in [0.1, 0.15) is 11.1 Å². The number of methoxy groups -OCH3 is 1. The molecule has 0 fully saturated rings. The van der Waals surface area contributed by atoms with Crippen LogP contribution in [0.25, 0.3) is 5.65 Å². The van der Waals surface area contributed by atoms with E-state index in [4.69, 9.17) is 4.74 Å². The van der Waals surface area contributed by atoms with Gasteiger partial charge in [-0.25, -0.2) is 4.52 Å². The molecule has 0 radical (unpaired) electrons. The van der Waals surface area contributed by atoms with Crippen LogP contribution in [0.15, 0.2) is 42.6 Å². The molecule has 0 atom stereocenters. The van der Waals surface area contributed by atoms with Crippen LogP contribution in [0, 0.1) is 6.92 Å². The third-order valence-corrected chi connectivity index (χ3v) is 3.08. The minimum atomic E-state index is 0.624. The summed E-state index contributed by atoms with van der Waals surface area (Å²) >= 11 is 0. The highest BCUT2D eigenvalue weighted by molar-refractivity contribution is 5.45. The van der Waals surface area contributed by atoms with E-state index in [9.17, 15) is 0 Å². The van der Waals surface area contributed by atoms with Crippen LogP contribution in [-0.2, 0) is 6.54 Å². The molecule has 2 heterocycles. The molecule has 3 rings (SSSR count). The van der Waals surface area contributed by atoms with Gasteiger partial charge in [-0.3, -0.25) is 0 Å². The topological polar surface area (TPSA) is 51.5 Å². The first kappa shape index (κ1) is 12.5. The third-order valence-electron chi connectivity index (χ3n) is 3.08. The number of aryl methyl sites for hydroxylation is 1. The molecule has 0 amide bonds. The molecule has 0 saturated heterocycles. The number of anilines is 1. The molecule has 1 aromatic carbocycles. The molecule has 0 aliphatic heterocycles. The normalized spacial score (nSPS) is 10.7. The number of hydrogen-bond donors (Lipinski definition) is 1. The summed E-state index contributed by atoms with van der Waals surface area (Å²) in [7, 11) is 1.67. The number of aromatic nitrogens is 3. The first-order valence-corrected chi connectivity index (χ1v) is 6.44. The van der Waals surface area contributed by atoms with E-state index in [2.05, 4.69) is 15.4 Å². The van der Waals surface area contributed by atoms with Gasteiger partial charge in [0.25, 0.3) is 0 Å². The highest BCUT2D eigenvalue weighted by Gasteiger charge is 2.03. The van der Waals surface area contributed by atoms with Gasteiger partial charge in [-0.1, -0.05) is 12.1 Å². The molecule has 0 saturated carbocycles. The fraction of sp³-hybridized carbons (Fsp3) is 0.200. The van der Waals surface area contributed by atoms with E-state index in [1.807, 2.05) is 49.5 Å². The quantitative estimate of drug-likeness (QED) is 0.790. The Morgan fingerprint density at radius 2 is 2.15 bits per heavy atom. The number of pyridine rings is 1. The predicted octanol–water partition coefficient (Wildman–Crippen LogP) is 2.66. The third kappa shape index (κ3) is 2.56. The van der Waals surface area contributed by atoms with E-state index in [-0.39, 0.29) is 0 Å². The molecule has 2 aromatic heterocycles. The molecule has 5 nitrogen and oxygen atoms in total. The second kappa shape index (κ2) is 5.21. The van der Waals surface area contributed by atoms with E-state index < -0.39 is 0 Å². The number of nitrogens with one attached hydrogen (secondary N) is 1. The first-order valence-electron chi connectivity index (χ1n) is 6.44. The number of fused-ring (bicyclic) bond motifs is 1. The minimum Gasteiger partial charge on any atom is -0.497 e. The Morgan fingerprint density at radius 1 is 1.25 bits per heavy atom. The van der Waals surface area contributed by atoms with Crippen molar-refractivity contribution in [3.05, 3.63) is 53.7 Å². The molecule has 3 aromatic rings. The Bertz CT molecular complexity index is 736. The lowest BCUT2D eigenvalue weighted by Gasteiger charge is -2.04. The second-order valence-electron chi connectivity index (χ2n) is 4.65. The maximum Gasteiger partial charge on any atom is 0.243 e. The van der Waals surface area contributed by atoms with Gasteiger partial charge in [0.2, 0.25) is 5.95 Å². The lowest BCUT2D eigenvalue weighted by atomic mass is 10.2. The Labute approximate surface area is 117 Å². The van der Waals surface area contributed by atoms with Gasteiger partial charge in [0.15, 0.2) is 5.65 Å². The molecule has 1 N–H and O–H groups in total. The van der Waals surface area contributed by atoms with Crippen molar-refractivity contribution in [2.45, 2.75) is 13.5 Å². The molecule has 0 aliphatic rings. The molecule has 0 unspecified atom stereocenters. The van der Waals surface area contributed by atoms with Gasteiger partial charge in [-0.15, -0.1) is 5.10 Å². The number of rotatable bonds is 4. The first-order chi connectivity index (χ1) is 9.74. The van der Waals surface area contributed by atoms with Gasteiger partial charge < -0.3 is 10.1 Å². The molecular formula is C15H16N4O. The van der Waals surface area contributed by atoms with Crippen LogP contribution in [0.3, 0.4) is 0 Å². The Hall–Kier alpha value is -2.56. The summed E-state index contributed by atoms with van der Waals surface area (Å²) in [6.07, 6.45) is 1.91. The van der Waals surface area contributed by atoms with E-state index in [1.165, 1.54) is 5.56 Å². The Kier molecular flexibility index (Phi) is 3.25. The minimum absolute atomic E-state index is 0.624. The summed E-state index contributed by atoms with van der Waals surface area (Å²) in [6, 6.07) is 11.9. The number of benzene rings is 1. The molecule has 0 aliphatic carbocycles. The van der Waals surface area contributed by atoms with Crippen LogP contribution in [0.2, 0.25) is 0 Å². The predicted molar refractivity (Wildman–Crippen MR) is 78.0 cm³/mol. The fourth-order valence-corrected chi connectivity index (χ4v) is 2.02. The fourth-order valence-electron chi connectivity index (χ4n) is 2.02. The van der Waals surface area contributed by atoms with Crippen molar-refractivity contribution in [2.24, 2.45) is 0 Å². The van der Waals surface area contributed by atoms with Crippen molar-refractivity contribution in [3.63, 3.8) is 0 Å². The standard InChI is InChI=1S/C15H16N4O/c1-11-6-7-19-14(8-11)17-15(18-19)16-10-12-4-3-5-13(9-12)20-2/h3-9H,10H2,1-2H3,(H,16,18). The van der Waals surface area contributed by atoms with Crippen molar-refractivity contribution in [2.75, 3.05) is 12.4 Å². The number of ether oxygens (including phenoxy) is 1. The lowest BCUT2D eigenvalue weighted by molar-refractivity contribution is 0.414. The van der Waals surface area contributed by atoms with Gasteiger partial charge in [0.05, 0.1) is 7.11 Å². The van der Waals surface area contributed by atoms with Gasteiger partial charge in [0.1, 0.15) is 5.75 Å². The summed E-state index contributed by atoms with van der Waals surface area (Å²) in [6.45, 7) is 2.70. The van der Waals surface area contributed by atoms with E-state index in [0.29, 0.717) is 12.5 Å². The van der Waals surface area contributed by atoms with Crippen molar-refractivity contribution in [3.8, 4) is 5.75 Å². The van der Waals surface area contributed by atoms with Crippen LogP contribution >= 0.6 is 0 Å². The Morgan fingerprint density at radius 3 is 3.00 bits per heavy atom. The van der Waals surface area contributed by atoms with Gasteiger partial charge in [-0.2, -0.15) is 4.98 Å². The van der Waals surface area contributed by atoms with E-state index >= 15 is 0 Å². The maximum atomic E-state index is 5.20. The molecule has 5 heteroatoms. The summed E-state index contributed by atoms with van der Waals surface area (Å²) in [4.78, 5) is 4.44. The van der Waals surface area contributed by atoms with E-state index in [0.717, 1.165) is 17.0 Å². The summed E-state index contributed by atoms with van der Waals surface area (Å²) in [5, 5.41) is 7.60. The number of hydrogen-bond acceptors (Lipinski definition) is 4. The zero-order valence-electron chi connectivity index (χ0n) is 11.5. The molecule has 0 spiro atoms. The monoisotopic (exact) mass is 268 g/mol. The van der Waals surface area contributed by atoms with E-state index in [1.54, 1.807) is 11.6 Å². The van der Waals surface area contributed by atoms with Gasteiger partial charge >= 0.3 is 0 Å². The summed E-state index contributed by atoms with van der Waals surface area (Å²) < 4.78 is 6.97. The largest absolute Gasteiger partial charge is 0.497 e. The Balaban J connectivity index is 1.76. The van der Waals surface area contributed by atoms with Crippen molar-refractivity contribution >= 4 is 11.6 Å². The van der Waals surface area contributed by atoms with Crippen molar-refractivity contribution in [1.29, 1.82) is 0 Å². The lowest BCUT2D eigenvalue weighted by Crippen LogP contribution is -2.01. The second-order valence-corrected chi connectivity index (χ2v) is 4.65. The molecule has 20 heavy (non-hydrogen) atoms.